The number of rotatable bonds is 2. The van der Waals surface area contributed by atoms with Gasteiger partial charge in [-0.25, -0.2) is 0 Å². The number of hydrogen-bond donors (Lipinski definition) is 1. The van der Waals surface area contributed by atoms with E-state index in [2.05, 4.69) is 52.3 Å². The molecule has 17 heavy (non-hydrogen) atoms. The van der Waals surface area contributed by atoms with Gasteiger partial charge in [0.05, 0.1) is 0 Å². The summed E-state index contributed by atoms with van der Waals surface area (Å²) in [7, 11) is 0. The lowest BCUT2D eigenvalue weighted by molar-refractivity contribution is 0.264. The third-order valence-electron chi connectivity index (χ3n) is 3.87. The first-order chi connectivity index (χ1) is 8.24. The van der Waals surface area contributed by atoms with Crippen molar-refractivity contribution in [1.82, 2.24) is 0 Å². The summed E-state index contributed by atoms with van der Waals surface area (Å²) < 4.78 is 1.13. The Morgan fingerprint density at radius 1 is 1.06 bits per heavy atom. The van der Waals surface area contributed by atoms with E-state index < -0.39 is 0 Å². The van der Waals surface area contributed by atoms with E-state index in [0.29, 0.717) is 5.92 Å². The molecule has 3 rings (SSSR count). The van der Waals surface area contributed by atoms with Crippen LogP contribution in [0, 0.1) is 5.92 Å². The minimum Gasteiger partial charge on any atom is -0.324 e. The quantitative estimate of drug-likeness (QED) is 0.871. The Kier molecular flexibility index (Phi) is 2.93. The van der Waals surface area contributed by atoms with Crippen LogP contribution in [0.25, 0.3) is 10.8 Å². The van der Waals surface area contributed by atoms with Gasteiger partial charge in [0.25, 0.3) is 0 Å². The molecule has 0 radical (unpaired) electrons. The molecule has 1 nitrogen and oxygen atoms in total. The highest BCUT2D eigenvalue weighted by Crippen LogP contribution is 2.36. The van der Waals surface area contributed by atoms with Crippen molar-refractivity contribution in [2.45, 2.75) is 25.3 Å². The van der Waals surface area contributed by atoms with Gasteiger partial charge >= 0.3 is 0 Å². The van der Waals surface area contributed by atoms with Gasteiger partial charge in [-0.1, -0.05) is 40.5 Å². The van der Waals surface area contributed by atoms with E-state index >= 15 is 0 Å². The molecule has 2 aromatic carbocycles. The van der Waals surface area contributed by atoms with Crippen LogP contribution in [0.2, 0.25) is 0 Å². The van der Waals surface area contributed by atoms with Gasteiger partial charge in [-0.2, -0.15) is 0 Å². The molecule has 0 spiro atoms. The second-order valence-corrected chi connectivity index (χ2v) is 5.88. The smallest absolute Gasteiger partial charge is 0.0323 e. The molecule has 2 aromatic rings. The normalized spacial score (nSPS) is 18.0. The first-order valence-corrected chi connectivity index (χ1v) is 6.98. The third-order valence-corrected chi connectivity index (χ3v) is 4.36. The molecule has 88 valence electrons. The number of nitrogens with two attached hydrogens (primary N) is 1. The highest BCUT2D eigenvalue weighted by Gasteiger charge is 2.25. The average molecular weight is 290 g/mol. The number of fused-ring (bicyclic) bond motifs is 1. The summed E-state index contributed by atoms with van der Waals surface area (Å²) in [5, 5.41) is 2.55. The molecule has 1 unspecified atom stereocenters. The topological polar surface area (TPSA) is 26.0 Å². The molecule has 0 amide bonds. The van der Waals surface area contributed by atoms with Gasteiger partial charge in [-0.15, -0.1) is 0 Å². The summed E-state index contributed by atoms with van der Waals surface area (Å²) in [5.74, 6) is 0.697. The van der Waals surface area contributed by atoms with Crippen molar-refractivity contribution in [2.75, 3.05) is 0 Å². The van der Waals surface area contributed by atoms with Crippen LogP contribution in [-0.4, -0.2) is 0 Å². The van der Waals surface area contributed by atoms with Crippen molar-refractivity contribution in [3.63, 3.8) is 0 Å². The van der Waals surface area contributed by atoms with Crippen LogP contribution in [0.5, 0.6) is 0 Å². The van der Waals surface area contributed by atoms with Crippen LogP contribution >= 0.6 is 15.9 Å². The zero-order valence-corrected chi connectivity index (χ0v) is 11.3. The third kappa shape index (κ3) is 2.12. The summed E-state index contributed by atoms with van der Waals surface area (Å²) in [6.45, 7) is 0. The molecule has 0 saturated heterocycles. The molecule has 1 aliphatic rings. The highest BCUT2D eigenvalue weighted by molar-refractivity contribution is 9.10. The number of hydrogen-bond acceptors (Lipinski definition) is 1. The molecule has 0 aromatic heterocycles. The van der Waals surface area contributed by atoms with Crippen LogP contribution in [0.3, 0.4) is 0 Å². The van der Waals surface area contributed by atoms with Crippen LogP contribution in [-0.2, 0) is 0 Å². The first kappa shape index (κ1) is 11.2. The lowest BCUT2D eigenvalue weighted by Gasteiger charge is -2.31. The fraction of sp³-hybridized carbons (Fsp3) is 0.333. The lowest BCUT2D eigenvalue weighted by Crippen LogP contribution is -2.26. The molecule has 1 aliphatic carbocycles. The van der Waals surface area contributed by atoms with Crippen molar-refractivity contribution in [3.05, 3.63) is 46.4 Å². The van der Waals surface area contributed by atoms with E-state index in [0.717, 1.165) is 4.47 Å². The maximum atomic E-state index is 6.31. The van der Waals surface area contributed by atoms with E-state index in [1.807, 2.05) is 0 Å². The minimum absolute atomic E-state index is 0.219. The highest BCUT2D eigenvalue weighted by atomic mass is 79.9. The van der Waals surface area contributed by atoms with E-state index in [-0.39, 0.29) is 6.04 Å². The van der Waals surface area contributed by atoms with Gasteiger partial charge in [-0.05, 0) is 53.3 Å². The predicted octanol–water partition coefficient (Wildman–Crippen LogP) is 4.40. The van der Waals surface area contributed by atoms with E-state index in [9.17, 15) is 0 Å². The maximum absolute atomic E-state index is 6.31. The lowest BCUT2D eigenvalue weighted by atomic mass is 9.77. The zero-order valence-electron chi connectivity index (χ0n) is 9.70. The Balaban J connectivity index is 1.98. The monoisotopic (exact) mass is 289 g/mol. The maximum Gasteiger partial charge on any atom is 0.0323 e. The van der Waals surface area contributed by atoms with Crippen molar-refractivity contribution in [3.8, 4) is 0 Å². The Bertz CT molecular complexity index is 546. The van der Waals surface area contributed by atoms with Gasteiger partial charge < -0.3 is 5.73 Å². The summed E-state index contributed by atoms with van der Waals surface area (Å²) in [6, 6.07) is 13.2. The largest absolute Gasteiger partial charge is 0.324 e. The molecule has 2 N–H and O–H groups in total. The van der Waals surface area contributed by atoms with Crippen LogP contribution in [0.1, 0.15) is 30.9 Å². The Hall–Kier alpha value is -0.860. The van der Waals surface area contributed by atoms with Crippen molar-refractivity contribution in [2.24, 2.45) is 11.7 Å². The van der Waals surface area contributed by atoms with E-state index in [1.54, 1.807) is 0 Å². The van der Waals surface area contributed by atoms with Gasteiger partial charge in [0.2, 0.25) is 0 Å². The summed E-state index contributed by atoms with van der Waals surface area (Å²) in [6.07, 6.45) is 3.93. The fourth-order valence-corrected chi connectivity index (χ4v) is 2.89. The zero-order chi connectivity index (χ0) is 11.8. The van der Waals surface area contributed by atoms with Crippen LogP contribution in [0.15, 0.2) is 40.9 Å². The van der Waals surface area contributed by atoms with Crippen LogP contribution in [0.4, 0.5) is 0 Å². The Labute approximate surface area is 110 Å². The number of halogens is 1. The van der Waals surface area contributed by atoms with Crippen molar-refractivity contribution in [1.29, 1.82) is 0 Å². The molecule has 0 bridgehead atoms. The molecular weight excluding hydrogens is 274 g/mol. The molecule has 2 heteroatoms. The van der Waals surface area contributed by atoms with Gasteiger partial charge in [-0.3, -0.25) is 0 Å². The fourth-order valence-electron chi connectivity index (χ4n) is 2.51. The molecule has 1 saturated carbocycles. The first-order valence-electron chi connectivity index (χ1n) is 6.19. The summed E-state index contributed by atoms with van der Waals surface area (Å²) in [5.41, 5.74) is 7.59. The van der Waals surface area contributed by atoms with Gasteiger partial charge in [0.15, 0.2) is 0 Å². The molecule has 1 fully saturated rings. The molecule has 1 atom stereocenters. The van der Waals surface area contributed by atoms with Crippen molar-refractivity contribution >= 4 is 26.7 Å². The molecule has 0 heterocycles. The van der Waals surface area contributed by atoms with Crippen LogP contribution < -0.4 is 5.73 Å². The second kappa shape index (κ2) is 4.43. The van der Waals surface area contributed by atoms with E-state index in [1.165, 1.54) is 35.6 Å². The summed E-state index contributed by atoms with van der Waals surface area (Å²) in [4.78, 5) is 0. The Morgan fingerprint density at radius 2 is 1.76 bits per heavy atom. The summed E-state index contributed by atoms with van der Waals surface area (Å²) >= 11 is 3.50. The average Bonchev–Trinajstić information content (AvgIpc) is 2.26. The second-order valence-electron chi connectivity index (χ2n) is 4.97. The molecule has 0 aliphatic heterocycles. The number of benzene rings is 2. The minimum atomic E-state index is 0.219. The molecular formula is C15H16BrN. The van der Waals surface area contributed by atoms with Gasteiger partial charge in [0.1, 0.15) is 0 Å². The predicted molar refractivity (Wildman–Crippen MR) is 75.9 cm³/mol. The van der Waals surface area contributed by atoms with E-state index in [4.69, 9.17) is 5.73 Å². The van der Waals surface area contributed by atoms with Crippen molar-refractivity contribution < 1.29 is 0 Å². The SMILES string of the molecule is NC(c1ccc2cc(Br)ccc2c1)C1CCC1. The van der Waals surface area contributed by atoms with Gasteiger partial charge in [0, 0.05) is 10.5 Å². The standard InChI is InChI=1S/C15H16BrN/c16-14-7-6-11-8-13(5-4-12(11)9-14)15(17)10-2-1-3-10/h4-10,15H,1-3,17H2. The Morgan fingerprint density at radius 3 is 2.47 bits per heavy atom.